The van der Waals surface area contributed by atoms with Crippen molar-refractivity contribution in [2.24, 2.45) is 0 Å². The lowest BCUT2D eigenvalue weighted by Crippen LogP contribution is -2.11. The molecule has 0 atom stereocenters. The number of rotatable bonds is 5. The summed E-state index contributed by atoms with van der Waals surface area (Å²) in [7, 11) is 0. The average molecular weight is 244 g/mol. The number of alkyl halides is 1. The van der Waals surface area contributed by atoms with E-state index in [9.17, 15) is 4.79 Å². The quantitative estimate of drug-likeness (QED) is 0.635. The highest BCUT2D eigenvalue weighted by Gasteiger charge is 2.01. The van der Waals surface area contributed by atoms with Crippen LogP contribution in [0.3, 0.4) is 0 Å². The van der Waals surface area contributed by atoms with Crippen LogP contribution in [-0.2, 0) is 4.79 Å². The molecular weight excluding hydrogens is 230 g/mol. The van der Waals surface area contributed by atoms with Crippen molar-refractivity contribution < 1.29 is 4.79 Å². The van der Waals surface area contributed by atoms with Gasteiger partial charge in [-0.1, -0.05) is 0 Å². The van der Waals surface area contributed by atoms with Gasteiger partial charge in [0, 0.05) is 22.9 Å². The summed E-state index contributed by atoms with van der Waals surface area (Å²) < 4.78 is 0. The van der Waals surface area contributed by atoms with E-state index in [2.05, 4.69) is 5.32 Å². The first-order valence-electron chi connectivity index (χ1n) is 4.76. The Hall–Kier alpha value is -0.670. The third kappa shape index (κ3) is 4.58. The van der Waals surface area contributed by atoms with Gasteiger partial charge in [-0.05, 0) is 36.9 Å². The number of halogens is 1. The van der Waals surface area contributed by atoms with E-state index in [1.165, 1.54) is 4.90 Å². The molecule has 0 bridgehead atoms. The standard InChI is InChI=1S/C11H14ClNOS/c1-15-10-6-4-9(5-7-10)13-11(14)3-2-8-12/h4-7H,2-3,8H2,1H3,(H,13,14). The van der Waals surface area contributed by atoms with Gasteiger partial charge in [-0.25, -0.2) is 0 Å². The van der Waals surface area contributed by atoms with Crippen molar-refractivity contribution in [3.05, 3.63) is 24.3 Å². The van der Waals surface area contributed by atoms with Crippen LogP contribution < -0.4 is 5.32 Å². The Morgan fingerprint density at radius 2 is 2.07 bits per heavy atom. The van der Waals surface area contributed by atoms with Gasteiger partial charge in [0.1, 0.15) is 0 Å². The Balaban J connectivity index is 2.46. The summed E-state index contributed by atoms with van der Waals surface area (Å²) in [6.45, 7) is 0. The van der Waals surface area contributed by atoms with Gasteiger partial charge < -0.3 is 5.32 Å². The molecule has 0 radical (unpaired) electrons. The summed E-state index contributed by atoms with van der Waals surface area (Å²) in [5, 5.41) is 2.82. The first-order valence-corrected chi connectivity index (χ1v) is 6.52. The van der Waals surface area contributed by atoms with E-state index in [1.807, 2.05) is 30.5 Å². The van der Waals surface area contributed by atoms with Crippen LogP contribution in [0.15, 0.2) is 29.2 Å². The van der Waals surface area contributed by atoms with Crippen LogP contribution in [0, 0.1) is 0 Å². The Kier molecular flexibility index (Phi) is 5.58. The maximum Gasteiger partial charge on any atom is 0.224 e. The molecule has 0 aliphatic rings. The number of carbonyl (C=O) groups is 1. The molecule has 0 fully saturated rings. The van der Waals surface area contributed by atoms with Crippen LogP contribution in [-0.4, -0.2) is 18.0 Å². The molecule has 1 aromatic rings. The minimum atomic E-state index is 0.0209. The number of hydrogen-bond donors (Lipinski definition) is 1. The van der Waals surface area contributed by atoms with Crippen LogP contribution in [0.4, 0.5) is 5.69 Å². The van der Waals surface area contributed by atoms with Crippen molar-refractivity contribution in [3.8, 4) is 0 Å². The second-order valence-corrected chi connectivity index (χ2v) is 4.33. The van der Waals surface area contributed by atoms with Gasteiger partial charge in [0.2, 0.25) is 5.91 Å². The van der Waals surface area contributed by atoms with Gasteiger partial charge in [0.05, 0.1) is 0 Å². The molecule has 1 aromatic carbocycles. The van der Waals surface area contributed by atoms with Crippen molar-refractivity contribution >= 4 is 35.0 Å². The fraction of sp³-hybridized carbons (Fsp3) is 0.364. The molecular formula is C11H14ClNOS. The number of carbonyl (C=O) groups excluding carboxylic acids is 1. The first-order chi connectivity index (χ1) is 7.26. The number of amides is 1. The highest BCUT2D eigenvalue weighted by Crippen LogP contribution is 2.17. The van der Waals surface area contributed by atoms with E-state index in [0.29, 0.717) is 12.3 Å². The van der Waals surface area contributed by atoms with Gasteiger partial charge in [-0.2, -0.15) is 0 Å². The molecule has 15 heavy (non-hydrogen) atoms. The topological polar surface area (TPSA) is 29.1 Å². The van der Waals surface area contributed by atoms with Crippen LogP contribution in [0.5, 0.6) is 0 Å². The molecule has 2 nitrogen and oxygen atoms in total. The Bertz CT molecular complexity index is 313. The highest BCUT2D eigenvalue weighted by molar-refractivity contribution is 7.98. The van der Waals surface area contributed by atoms with Gasteiger partial charge in [0.25, 0.3) is 0 Å². The van der Waals surface area contributed by atoms with E-state index < -0.39 is 0 Å². The van der Waals surface area contributed by atoms with Gasteiger partial charge in [-0.15, -0.1) is 23.4 Å². The first kappa shape index (κ1) is 12.4. The van der Waals surface area contributed by atoms with E-state index >= 15 is 0 Å². The van der Waals surface area contributed by atoms with E-state index in [4.69, 9.17) is 11.6 Å². The highest BCUT2D eigenvalue weighted by atomic mass is 35.5. The van der Waals surface area contributed by atoms with Gasteiger partial charge >= 0.3 is 0 Å². The molecule has 0 aliphatic heterocycles. The lowest BCUT2D eigenvalue weighted by atomic mass is 10.3. The molecule has 1 amide bonds. The van der Waals surface area contributed by atoms with Crippen LogP contribution >= 0.6 is 23.4 Å². The monoisotopic (exact) mass is 243 g/mol. The summed E-state index contributed by atoms with van der Waals surface area (Å²) in [6, 6.07) is 7.79. The fourth-order valence-electron chi connectivity index (χ4n) is 1.13. The predicted octanol–water partition coefficient (Wildman–Crippen LogP) is 3.37. The van der Waals surface area contributed by atoms with Crippen molar-refractivity contribution in [2.75, 3.05) is 17.5 Å². The van der Waals surface area contributed by atoms with Crippen molar-refractivity contribution in [1.29, 1.82) is 0 Å². The lowest BCUT2D eigenvalue weighted by molar-refractivity contribution is -0.116. The maximum atomic E-state index is 11.4. The fourth-order valence-corrected chi connectivity index (χ4v) is 1.67. The molecule has 1 rings (SSSR count). The summed E-state index contributed by atoms with van der Waals surface area (Å²) in [5.74, 6) is 0.548. The zero-order chi connectivity index (χ0) is 11.1. The van der Waals surface area contributed by atoms with Crippen molar-refractivity contribution in [3.63, 3.8) is 0 Å². The normalized spacial score (nSPS) is 10.0. The van der Waals surface area contributed by atoms with Gasteiger partial charge in [0.15, 0.2) is 0 Å². The Morgan fingerprint density at radius 1 is 1.40 bits per heavy atom. The Morgan fingerprint density at radius 3 is 2.60 bits per heavy atom. The zero-order valence-corrected chi connectivity index (χ0v) is 10.2. The molecule has 0 heterocycles. The number of thioether (sulfide) groups is 1. The molecule has 1 N–H and O–H groups in total. The summed E-state index contributed by atoms with van der Waals surface area (Å²) in [5.41, 5.74) is 0.840. The maximum absolute atomic E-state index is 11.4. The number of nitrogens with one attached hydrogen (secondary N) is 1. The van der Waals surface area contributed by atoms with E-state index in [0.717, 1.165) is 12.1 Å². The van der Waals surface area contributed by atoms with Crippen molar-refractivity contribution in [2.45, 2.75) is 17.7 Å². The van der Waals surface area contributed by atoms with E-state index in [-0.39, 0.29) is 5.91 Å². The largest absolute Gasteiger partial charge is 0.326 e. The molecule has 0 saturated heterocycles. The summed E-state index contributed by atoms with van der Waals surface area (Å²) in [6.07, 6.45) is 3.22. The molecule has 0 aromatic heterocycles. The van der Waals surface area contributed by atoms with E-state index in [1.54, 1.807) is 11.8 Å². The lowest BCUT2D eigenvalue weighted by Gasteiger charge is -2.04. The second kappa shape index (κ2) is 6.75. The zero-order valence-electron chi connectivity index (χ0n) is 8.63. The second-order valence-electron chi connectivity index (χ2n) is 3.07. The minimum Gasteiger partial charge on any atom is -0.326 e. The van der Waals surface area contributed by atoms with Crippen LogP contribution in [0.25, 0.3) is 0 Å². The van der Waals surface area contributed by atoms with Crippen molar-refractivity contribution in [1.82, 2.24) is 0 Å². The molecule has 0 unspecified atom stereocenters. The molecule has 4 heteroatoms. The third-order valence-electron chi connectivity index (χ3n) is 1.91. The average Bonchev–Trinajstić information content (AvgIpc) is 2.27. The molecule has 0 aliphatic carbocycles. The van der Waals surface area contributed by atoms with Crippen LogP contribution in [0.1, 0.15) is 12.8 Å². The smallest absolute Gasteiger partial charge is 0.224 e. The van der Waals surface area contributed by atoms with Crippen LogP contribution in [0.2, 0.25) is 0 Å². The predicted molar refractivity (Wildman–Crippen MR) is 66.8 cm³/mol. The minimum absolute atomic E-state index is 0.0209. The number of anilines is 1. The third-order valence-corrected chi connectivity index (χ3v) is 2.92. The summed E-state index contributed by atoms with van der Waals surface area (Å²) in [4.78, 5) is 12.5. The number of hydrogen-bond acceptors (Lipinski definition) is 2. The number of benzene rings is 1. The molecule has 0 saturated carbocycles. The van der Waals surface area contributed by atoms with Gasteiger partial charge in [-0.3, -0.25) is 4.79 Å². The Labute approximate surface area is 99.4 Å². The molecule has 0 spiro atoms. The SMILES string of the molecule is CSc1ccc(NC(=O)CCCCl)cc1. The summed E-state index contributed by atoms with van der Waals surface area (Å²) >= 11 is 7.19. The molecule has 82 valence electrons.